The monoisotopic (exact) mass is 377 g/mol. The second-order valence-electron chi connectivity index (χ2n) is 6.82. The highest BCUT2D eigenvalue weighted by Gasteiger charge is 2.38. The summed E-state index contributed by atoms with van der Waals surface area (Å²) in [6, 6.07) is 4.77. The van der Waals surface area contributed by atoms with Crippen molar-refractivity contribution in [3.05, 3.63) is 36.0 Å². The Balaban J connectivity index is 1.63. The Labute approximate surface area is 152 Å². The summed E-state index contributed by atoms with van der Waals surface area (Å²) in [5.74, 6) is 0.842. The summed E-state index contributed by atoms with van der Waals surface area (Å²) in [4.78, 5) is 8.90. The maximum atomic E-state index is 12.7. The van der Waals surface area contributed by atoms with E-state index in [-0.39, 0.29) is 5.54 Å². The number of halogens is 3. The van der Waals surface area contributed by atoms with Gasteiger partial charge in [0.1, 0.15) is 5.82 Å². The van der Waals surface area contributed by atoms with Gasteiger partial charge in [0.2, 0.25) is 5.95 Å². The molecule has 0 unspecified atom stereocenters. The molecule has 0 radical (unpaired) electrons. The second-order valence-corrected chi connectivity index (χ2v) is 6.82. The van der Waals surface area contributed by atoms with Crippen molar-refractivity contribution >= 4 is 28.5 Å². The fraction of sp³-hybridized carbons (Fsp3) is 0.353. The topological polar surface area (TPSA) is 93.7 Å². The Morgan fingerprint density at radius 3 is 2.52 bits per heavy atom. The third-order valence-corrected chi connectivity index (χ3v) is 4.56. The van der Waals surface area contributed by atoms with Crippen molar-refractivity contribution in [3.8, 4) is 0 Å². The molecule has 1 saturated carbocycles. The molecule has 0 spiro atoms. The molecule has 4 N–H and O–H groups in total. The Morgan fingerprint density at radius 2 is 1.89 bits per heavy atom. The van der Waals surface area contributed by atoms with Crippen LogP contribution in [0.3, 0.4) is 0 Å². The molecule has 27 heavy (non-hydrogen) atoms. The molecule has 2 aromatic heterocycles. The van der Waals surface area contributed by atoms with Gasteiger partial charge < -0.3 is 16.4 Å². The fourth-order valence-corrected chi connectivity index (χ4v) is 2.67. The van der Waals surface area contributed by atoms with Gasteiger partial charge in [-0.25, -0.2) is 0 Å². The van der Waals surface area contributed by atoms with E-state index in [1.807, 2.05) is 0 Å². The lowest BCUT2D eigenvalue weighted by atomic mass is 10.2. The number of nitrogens with two attached hydrogens (primary N) is 1. The number of nitrogens with zero attached hydrogens (tertiary/aromatic N) is 4. The summed E-state index contributed by atoms with van der Waals surface area (Å²) in [5.41, 5.74) is 6.24. The average Bonchev–Trinajstić information content (AvgIpc) is 3.24. The summed E-state index contributed by atoms with van der Waals surface area (Å²) < 4.78 is 39.8. The molecule has 1 fully saturated rings. The summed E-state index contributed by atoms with van der Waals surface area (Å²) in [7, 11) is 1.76. The lowest BCUT2D eigenvalue weighted by molar-refractivity contribution is -0.137. The van der Waals surface area contributed by atoms with Gasteiger partial charge in [-0.05, 0) is 37.1 Å². The highest BCUT2D eigenvalue weighted by atomic mass is 19.4. The molecule has 2 heterocycles. The number of hydrogen-bond acceptors (Lipinski definition) is 6. The van der Waals surface area contributed by atoms with Crippen molar-refractivity contribution in [1.29, 1.82) is 0 Å². The first-order chi connectivity index (χ1) is 12.7. The maximum Gasteiger partial charge on any atom is 0.416 e. The van der Waals surface area contributed by atoms with Crippen molar-refractivity contribution in [3.63, 3.8) is 0 Å². The number of aromatic nitrogens is 4. The van der Waals surface area contributed by atoms with Crippen molar-refractivity contribution in [2.24, 2.45) is 12.8 Å². The van der Waals surface area contributed by atoms with Gasteiger partial charge in [0.15, 0.2) is 5.65 Å². The molecule has 0 amide bonds. The molecule has 10 heteroatoms. The summed E-state index contributed by atoms with van der Waals surface area (Å²) in [6.45, 7) is 0.552. The minimum atomic E-state index is -4.37. The SMILES string of the molecule is Cn1ncc2c(Nc3ccc(C(F)(F)F)cc3)nc(NCC3(N)CC3)nc21. The Bertz CT molecular complexity index is 975. The van der Waals surface area contributed by atoms with Crippen molar-refractivity contribution in [1.82, 2.24) is 19.7 Å². The highest BCUT2D eigenvalue weighted by molar-refractivity contribution is 5.89. The molecule has 4 rings (SSSR count). The van der Waals surface area contributed by atoms with E-state index >= 15 is 0 Å². The van der Waals surface area contributed by atoms with Crippen LogP contribution in [-0.2, 0) is 13.2 Å². The number of benzene rings is 1. The number of aryl methyl sites for hydroxylation is 1. The molecule has 1 aliphatic carbocycles. The standard InChI is InChI=1S/C17H18F3N7/c1-27-14-12(8-23-27)13(25-15(26-14)22-9-16(21)6-7-16)24-11-4-2-10(3-5-11)17(18,19)20/h2-5,8H,6-7,9,21H2,1H3,(H2,22,24,25,26). The summed E-state index contributed by atoms with van der Waals surface area (Å²) in [5, 5.41) is 11.0. The molecular weight excluding hydrogens is 359 g/mol. The molecule has 7 nitrogen and oxygen atoms in total. The molecular formula is C17H18F3N7. The molecule has 142 valence electrons. The third-order valence-electron chi connectivity index (χ3n) is 4.56. The van der Waals surface area contributed by atoms with E-state index in [2.05, 4.69) is 25.7 Å². The van der Waals surface area contributed by atoms with Crippen molar-refractivity contribution < 1.29 is 13.2 Å². The van der Waals surface area contributed by atoms with E-state index in [1.165, 1.54) is 12.1 Å². The van der Waals surface area contributed by atoms with Gasteiger partial charge in [0.25, 0.3) is 0 Å². The summed E-state index contributed by atoms with van der Waals surface area (Å²) >= 11 is 0. The van der Waals surface area contributed by atoms with Gasteiger partial charge in [-0.3, -0.25) is 4.68 Å². The third kappa shape index (κ3) is 3.65. The van der Waals surface area contributed by atoms with E-state index in [1.54, 1.807) is 17.9 Å². The van der Waals surface area contributed by atoms with Crippen LogP contribution in [0.2, 0.25) is 0 Å². The van der Waals surface area contributed by atoms with Crippen LogP contribution < -0.4 is 16.4 Å². The highest BCUT2D eigenvalue weighted by Crippen LogP contribution is 2.33. The van der Waals surface area contributed by atoms with E-state index < -0.39 is 11.7 Å². The number of hydrogen-bond donors (Lipinski definition) is 3. The molecule has 3 aromatic rings. The molecule has 0 saturated heterocycles. The Hall–Kier alpha value is -2.88. The van der Waals surface area contributed by atoms with Gasteiger partial charge >= 0.3 is 6.18 Å². The number of alkyl halides is 3. The first-order valence-corrected chi connectivity index (χ1v) is 8.40. The first-order valence-electron chi connectivity index (χ1n) is 8.40. The van der Waals surface area contributed by atoms with Gasteiger partial charge in [-0.15, -0.1) is 0 Å². The van der Waals surface area contributed by atoms with Gasteiger partial charge in [-0.2, -0.15) is 28.2 Å². The van der Waals surface area contributed by atoms with Crippen LogP contribution in [0.25, 0.3) is 11.0 Å². The molecule has 0 bridgehead atoms. The van der Waals surface area contributed by atoms with E-state index in [9.17, 15) is 13.2 Å². The minimum Gasteiger partial charge on any atom is -0.352 e. The van der Waals surface area contributed by atoms with Crippen LogP contribution in [0.15, 0.2) is 30.5 Å². The molecule has 1 aromatic carbocycles. The van der Waals surface area contributed by atoms with Gasteiger partial charge in [-0.1, -0.05) is 0 Å². The normalized spacial score (nSPS) is 15.7. The molecule has 0 atom stereocenters. The fourth-order valence-electron chi connectivity index (χ4n) is 2.67. The zero-order valence-electron chi connectivity index (χ0n) is 14.5. The Kier molecular flexibility index (Phi) is 3.95. The minimum absolute atomic E-state index is 0.216. The summed E-state index contributed by atoms with van der Waals surface area (Å²) in [6.07, 6.45) is -0.867. The van der Waals surface area contributed by atoms with Crippen LogP contribution in [0.5, 0.6) is 0 Å². The largest absolute Gasteiger partial charge is 0.416 e. The molecule has 1 aliphatic rings. The predicted octanol–water partition coefficient (Wildman–Crippen LogP) is 3.03. The lowest BCUT2D eigenvalue weighted by Crippen LogP contribution is -2.31. The van der Waals surface area contributed by atoms with Crippen LogP contribution in [0, 0.1) is 0 Å². The van der Waals surface area contributed by atoms with Crippen LogP contribution >= 0.6 is 0 Å². The number of rotatable bonds is 5. The van der Waals surface area contributed by atoms with Crippen LogP contribution in [-0.4, -0.2) is 31.8 Å². The number of nitrogens with one attached hydrogen (secondary N) is 2. The predicted molar refractivity (Wildman–Crippen MR) is 95.7 cm³/mol. The quantitative estimate of drug-likeness (QED) is 0.633. The van der Waals surface area contributed by atoms with Crippen molar-refractivity contribution in [2.45, 2.75) is 24.6 Å². The van der Waals surface area contributed by atoms with Crippen LogP contribution in [0.4, 0.5) is 30.6 Å². The van der Waals surface area contributed by atoms with E-state index in [0.717, 1.165) is 25.0 Å². The number of anilines is 3. The van der Waals surface area contributed by atoms with Crippen LogP contribution in [0.1, 0.15) is 18.4 Å². The molecule has 0 aliphatic heterocycles. The smallest absolute Gasteiger partial charge is 0.352 e. The van der Waals surface area contributed by atoms with Gasteiger partial charge in [0.05, 0.1) is 17.1 Å². The lowest BCUT2D eigenvalue weighted by Gasteiger charge is -2.13. The van der Waals surface area contributed by atoms with E-state index in [4.69, 9.17) is 5.73 Å². The average molecular weight is 377 g/mol. The maximum absolute atomic E-state index is 12.7. The second kappa shape index (κ2) is 6.08. The van der Waals surface area contributed by atoms with E-state index in [0.29, 0.717) is 35.0 Å². The van der Waals surface area contributed by atoms with Gasteiger partial charge in [0, 0.05) is 24.8 Å². The first kappa shape index (κ1) is 17.5. The number of fused-ring (bicyclic) bond motifs is 1. The zero-order valence-corrected chi connectivity index (χ0v) is 14.5. The van der Waals surface area contributed by atoms with Crippen molar-refractivity contribution in [2.75, 3.05) is 17.2 Å². The Morgan fingerprint density at radius 1 is 1.19 bits per heavy atom. The zero-order chi connectivity index (χ0) is 19.2.